The average molecular weight is 236 g/mol. The topological polar surface area (TPSA) is 46.5 Å². The third-order valence-corrected chi connectivity index (χ3v) is 2.90. The smallest absolute Gasteiger partial charge is 0.303 e. The van der Waals surface area contributed by atoms with Crippen molar-refractivity contribution >= 4 is 5.97 Å². The molecule has 0 aliphatic heterocycles. The fourth-order valence-electron chi connectivity index (χ4n) is 1.75. The Labute approximate surface area is 102 Å². The molecule has 0 spiro atoms. The van der Waals surface area contributed by atoms with Crippen LogP contribution in [-0.4, -0.2) is 23.8 Å². The van der Waals surface area contributed by atoms with Gasteiger partial charge in [0.05, 0.1) is 5.60 Å². The summed E-state index contributed by atoms with van der Waals surface area (Å²) < 4.78 is 5.41. The van der Waals surface area contributed by atoms with Crippen molar-refractivity contribution in [2.45, 2.75) is 38.7 Å². The molecule has 1 aromatic rings. The van der Waals surface area contributed by atoms with Crippen LogP contribution in [0.25, 0.3) is 0 Å². The summed E-state index contributed by atoms with van der Waals surface area (Å²) in [5.41, 5.74) is 2.04. The van der Waals surface area contributed by atoms with E-state index in [1.165, 1.54) is 5.56 Å². The first-order chi connectivity index (χ1) is 7.94. The normalized spacial score (nSPS) is 11.5. The highest BCUT2D eigenvalue weighted by Gasteiger charge is 2.18. The van der Waals surface area contributed by atoms with Crippen molar-refractivity contribution in [3.63, 3.8) is 0 Å². The molecule has 0 saturated heterocycles. The molecule has 17 heavy (non-hydrogen) atoms. The second-order valence-corrected chi connectivity index (χ2v) is 4.80. The highest BCUT2D eigenvalue weighted by atomic mass is 16.5. The molecule has 0 amide bonds. The van der Waals surface area contributed by atoms with E-state index in [4.69, 9.17) is 9.84 Å². The lowest BCUT2D eigenvalue weighted by Gasteiger charge is -2.24. The SMILES string of the molecule is COC(C)(C)Cc1ccccc1CCC(=O)O. The molecule has 0 saturated carbocycles. The van der Waals surface area contributed by atoms with Gasteiger partial charge in [-0.2, -0.15) is 0 Å². The van der Waals surface area contributed by atoms with E-state index in [1.807, 2.05) is 38.1 Å². The molecular weight excluding hydrogens is 216 g/mol. The summed E-state index contributed by atoms with van der Waals surface area (Å²) in [4.78, 5) is 10.6. The molecule has 0 radical (unpaired) electrons. The third-order valence-electron chi connectivity index (χ3n) is 2.90. The van der Waals surface area contributed by atoms with Crippen molar-refractivity contribution < 1.29 is 14.6 Å². The largest absolute Gasteiger partial charge is 0.481 e. The van der Waals surface area contributed by atoms with Crippen LogP contribution in [0.3, 0.4) is 0 Å². The van der Waals surface area contributed by atoms with Crippen molar-refractivity contribution in [3.05, 3.63) is 35.4 Å². The Morgan fingerprint density at radius 1 is 1.29 bits per heavy atom. The van der Waals surface area contributed by atoms with E-state index in [0.717, 1.165) is 12.0 Å². The number of hydrogen-bond acceptors (Lipinski definition) is 2. The van der Waals surface area contributed by atoms with Gasteiger partial charge in [0.15, 0.2) is 0 Å². The molecular formula is C14H20O3. The lowest BCUT2D eigenvalue weighted by atomic mass is 9.93. The Hall–Kier alpha value is -1.35. The van der Waals surface area contributed by atoms with Crippen LogP contribution in [0.4, 0.5) is 0 Å². The van der Waals surface area contributed by atoms with E-state index in [0.29, 0.717) is 6.42 Å². The zero-order valence-electron chi connectivity index (χ0n) is 10.7. The van der Waals surface area contributed by atoms with Crippen LogP contribution in [0, 0.1) is 0 Å². The molecule has 0 unspecified atom stereocenters. The van der Waals surface area contributed by atoms with Gasteiger partial charge in [0.2, 0.25) is 0 Å². The summed E-state index contributed by atoms with van der Waals surface area (Å²) in [5, 5.41) is 8.72. The van der Waals surface area contributed by atoms with Crippen LogP contribution in [0.5, 0.6) is 0 Å². The van der Waals surface area contributed by atoms with Crippen LogP contribution in [-0.2, 0) is 22.4 Å². The van der Waals surface area contributed by atoms with Crippen molar-refractivity contribution in [1.29, 1.82) is 0 Å². The Bertz CT molecular complexity index is 383. The van der Waals surface area contributed by atoms with Gasteiger partial charge in [0.1, 0.15) is 0 Å². The third kappa shape index (κ3) is 4.57. The number of hydrogen-bond donors (Lipinski definition) is 1. The highest BCUT2D eigenvalue weighted by molar-refractivity contribution is 5.67. The number of ether oxygens (including phenoxy) is 1. The van der Waals surface area contributed by atoms with Crippen molar-refractivity contribution in [3.8, 4) is 0 Å². The zero-order chi connectivity index (χ0) is 12.9. The predicted octanol–water partition coefficient (Wildman–Crippen LogP) is 2.67. The summed E-state index contributed by atoms with van der Waals surface area (Å²) >= 11 is 0. The van der Waals surface area contributed by atoms with Crippen molar-refractivity contribution in [2.24, 2.45) is 0 Å². The monoisotopic (exact) mass is 236 g/mol. The van der Waals surface area contributed by atoms with Crippen LogP contribution < -0.4 is 0 Å². The summed E-state index contributed by atoms with van der Waals surface area (Å²) in [7, 11) is 1.69. The number of carboxylic acid groups (broad SMARTS) is 1. The molecule has 0 aliphatic rings. The molecule has 0 fully saturated rings. The summed E-state index contributed by atoms with van der Waals surface area (Å²) in [6.45, 7) is 4.06. The molecule has 94 valence electrons. The van der Waals surface area contributed by atoms with E-state index >= 15 is 0 Å². The lowest BCUT2D eigenvalue weighted by molar-refractivity contribution is -0.136. The molecule has 3 heteroatoms. The standard InChI is InChI=1S/C14H20O3/c1-14(2,17-3)10-12-7-5-4-6-11(12)8-9-13(15)16/h4-7H,8-10H2,1-3H3,(H,15,16). The van der Waals surface area contributed by atoms with Crippen LogP contribution in [0.1, 0.15) is 31.4 Å². The molecule has 1 N–H and O–H groups in total. The molecule has 1 rings (SSSR count). The number of methoxy groups -OCH3 is 1. The van der Waals surface area contributed by atoms with E-state index in [9.17, 15) is 4.79 Å². The summed E-state index contributed by atoms with van der Waals surface area (Å²) in [6.07, 6.45) is 1.54. The lowest BCUT2D eigenvalue weighted by Crippen LogP contribution is -2.26. The maximum Gasteiger partial charge on any atom is 0.303 e. The van der Waals surface area contributed by atoms with E-state index in [2.05, 4.69) is 0 Å². The van der Waals surface area contributed by atoms with Gasteiger partial charge >= 0.3 is 5.97 Å². The molecule has 0 atom stereocenters. The van der Waals surface area contributed by atoms with Gasteiger partial charge in [0, 0.05) is 20.0 Å². The van der Waals surface area contributed by atoms with E-state index < -0.39 is 5.97 Å². The van der Waals surface area contributed by atoms with Crippen LogP contribution >= 0.6 is 0 Å². The molecule has 0 aliphatic carbocycles. The Morgan fingerprint density at radius 2 is 1.88 bits per heavy atom. The Kier molecular flexibility index (Phi) is 4.70. The second kappa shape index (κ2) is 5.82. The highest BCUT2D eigenvalue weighted by Crippen LogP contribution is 2.20. The Morgan fingerprint density at radius 3 is 2.41 bits per heavy atom. The van der Waals surface area contributed by atoms with Gasteiger partial charge in [0.25, 0.3) is 0 Å². The number of carbonyl (C=O) groups is 1. The summed E-state index contributed by atoms with van der Waals surface area (Å²) in [5.74, 6) is -0.759. The van der Waals surface area contributed by atoms with Gasteiger partial charge in [-0.05, 0) is 31.4 Å². The minimum absolute atomic E-state index is 0.171. The molecule has 0 heterocycles. The first-order valence-electron chi connectivity index (χ1n) is 5.78. The van der Waals surface area contributed by atoms with Gasteiger partial charge in [-0.1, -0.05) is 24.3 Å². The number of aryl methyl sites for hydroxylation is 1. The number of aliphatic carboxylic acids is 1. The van der Waals surface area contributed by atoms with Gasteiger partial charge in [-0.3, -0.25) is 4.79 Å². The quantitative estimate of drug-likeness (QED) is 0.826. The molecule has 0 aromatic heterocycles. The first kappa shape index (κ1) is 13.7. The second-order valence-electron chi connectivity index (χ2n) is 4.80. The average Bonchev–Trinajstić information content (AvgIpc) is 2.27. The first-order valence-corrected chi connectivity index (χ1v) is 5.78. The predicted molar refractivity (Wildman–Crippen MR) is 67.2 cm³/mol. The van der Waals surface area contributed by atoms with E-state index in [1.54, 1.807) is 7.11 Å². The van der Waals surface area contributed by atoms with Gasteiger partial charge < -0.3 is 9.84 Å². The Balaban J connectivity index is 2.80. The van der Waals surface area contributed by atoms with Crippen LogP contribution in [0.2, 0.25) is 0 Å². The van der Waals surface area contributed by atoms with E-state index in [-0.39, 0.29) is 12.0 Å². The van der Waals surface area contributed by atoms with Crippen LogP contribution in [0.15, 0.2) is 24.3 Å². The number of rotatable bonds is 6. The summed E-state index contributed by atoms with van der Waals surface area (Å²) in [6, 6.07) is 7.95. The minimum Gasteiger partial charge on any atom is -0.481 e. The maximum atomic E-state index is 10.6. The fraction of sp³-hybridized carbons (Fsp3) is 0.500. The minimum atomic E-state index is -0.759. The number of benzene rings is 1. The van der Waals surface area contributed by atoms with Gasteiger partial charge in [-0.25, -0.2) is 0 Å². The molecule has 3 nitrogen and oxygen atoms in total. The molecule has 1 aromatic carbocycles. The zero-order valence-corrected chi connectivity index (χ0v) is 10.7. The van der Waals surface area contributed by atoms with Crippen molar-refractivity contribution in [2.75, 3.05) is 7.11 Å². The fourth-order valence-corrected chi connectivity index (χ4v) is 1.75. The van der Waals surface area contributed by atoms with Gasteiger partial charge in [-0.15, -0.1) is 0 Å². The number of carboxylic acids is 1. The van der Waals surface area contributed by atoms with Crippen molar-refractivity contribution in [1.82, 2.24) is 0 Å². The maximum absolute atomic E-state index is 10.6. The molecule has 0 bridgehead atoms.